The topological polar surface area (TPSA) is 81.9 Å². The van der Waals surface area contributed by atoms with Gasteiger partial charge in [-0.2, -0.15) is 5.26 Å². The molecule has 1 amide bonds. The van der Waals surface area contributed by atoms with Crippen molar-refractivity contribution in [3.8, 4) is 6.07 Å². The van der Waals surface area contributed by atoms with Crippen molar-refractivity contribution in [1.82, 2.24) is 14.5 Å². The zero-order chi connectivity index (χ0) is 16.3. The second-order valence-electron chi connectivity index (χ2n) is 4.85. The number of nitriles is 1. The van der Waals surface area contributed by atoms with E-state index in [0.29, 0.717) is 11.9 Å². The molecule has 0 aliphatic carbocycles. The normalized spacial score (nSPS) is 10.6. The van der Waals surface area contributed by atoms with Crippen LogP contribution in [0.1, 0.15) is 18.2 Å². The van der Waals surface area contributed by atoms with Crippen molar-refractivity contribution in [2.75, 3.05) is 13.6 Å². The van der Waals surface area contributed by atoms with Gasteiger partial charge >= 0.3 is 0 Å². The Morgan fingerprint density at radius 2 is 2.32 bits per heavy atom. The van der Waals surface area contributed by atoms with Crippen molar-refractivity contribution in [2.24, 2.45) is 0 Å². The molecular formula is C14H16N4O2S2. The summed E-state index contributed by atoms with van der Waals surface area (Å²) in [5.74, 6) is -0.248. The van der Waals surface area contributed by atoms with E-state index in [9.17, 15) is 9.59 Å². The molecule has 2 aromatic heterocycles. The average Bonchev–Trinajstić information content (AvgIpc) is 2.91. The van der Waals surface area contributed by atoms with Crippen molar-refractivity contribution in [3.63, 3.8) is 0 Å². The monoisotopic (exact) mass is 336 g/mol. The van der Waals surface area contributed by atoms with E-state index in [-0.39, 0.29) is 29.2 Å². The second kappa shape index (κ2) is 6.85. The maximum absolute atomic E-state index is 12.5. The number of rotatable bonds is 5. The Hall–Kier alpha value is -1.98. The van der Waals surface area contributed by atoms with E-state index in [1.54, 1.807) is 7.05 Å². The van der Waals surface area contributed by atoms with Gasteiger partial charge in [0.25, 0.3) is 5.56 Å². The summed E-state index contributed by atoms with van der Waals surface area (Å²) in [6, 6.07) is 3.83. The van der Waals surface area contributed by atoms with E-state index in [2.05, 4.69) is 4.98 Å². The van der Waals surface area contributed by atoms with Gasteiger partial charge in [0, 0.05) is 18.5 Å². The van der Waals surface area contributed by atoms with E-state index in [4.69, 9.17) is 17.5 Å². The van der Waals surface area contributed by atoms with Gasteiger partial charge in [-0.25, -0.2) is 0 Å². The lowest BCUT2D eigenvalue weighted by Crippen LogP contribution is -2.35. The number of aromatic amines is 1. The molecule has 0 fully saturated rings. The average molecular weight is 336 g/mol. The number of nitrogens with one attached hydrogen (secondary N) is 1. The van der Waals surface area contributed by atoms with E-state index >= 15 is 0 Å². The number of amides is 1. The Kier molecular flexibility index (Phi) is 5.11. The highest BCUT2D eigenvalue weighted by Crippen LogP contribution is 2.21. The first-order valence-corrected chi connectivity index (χ1v) is 8.06. The number of carbonyl (C=O) groups is 1. The lowest BCUT2D eigenvalue weighted by atomic mass is 10.3. The molecule has 116 valence electrons. The minimum Gasteiger partial charge on any atom is -0.343 e. The maximum atomic E-state index is 12.5. The SMILES string of the molecule is CCc1cc2c(=O)n(CC(=O)N(C)CCC#N)c(=S)[nH]c2s1. The number of likely N-dealkylation sites (N-methyl/N-ethyl adjacent to an activating group) is 1. The third kappa shape index (κ3) is 3.26. The van der Waals surface area contributed by atoms with Crippen LogP contribution in [0.4, 0.5) is 0 Å². The first-order chi connectivity index (χ1) is 10.5. The standard InChI is InChI=1S/C14H16N4O2S2/c1-3-9-7-10-12(22-9)16-14(21)18(13(10)20)8-11(19)17(2)6-4-5-15/h7H,3-4,6,8H2,1-2H3,(H,16,21). The number of carbonyl (C=O) groups excluding carboxylic acids is 1. The largest absolute Gasteiger partial charge is 0.343 e. The van der Waals surface area contributed by atoms with E-state index < -0.39 is 0 Å². The molecule has 22 heavy (non-hydrogen) atoms. The summed E-state index contributed by atoms with van der Waals surface area (Å²) >= 11 is 6.70. The molecule has 0 radical (unpaired) electrons. The lowest BCUT2D eigenvalue weighted by molar-refractivity contribution is -0.130. The lowest BCUT2D eigenvalue weighted by Gasteiger charge is -2.16. The fraction of sp³-hybridized carbons (Fsp3) is 0.429. The fourth-order valence-electron chi connectivity index (χ4n) is 2.01. The van der Waals surface area contributed by atoms with Crippen molar-refractivity contribution in [2.45, 2.75) is 26.3 Å². The Morgan fingerprint density at radius 3 is 2.95 bits per heavy atom. The molecule has 2 aromatic rings. The number of nitrogens with zero attached hydrogens (tertiary/aromatic N) is 3. The number of hydrogen-bond donors (Lipinski definition) is 1. The van der Waals surface area contributed by atoms with Gasteiger partial charge < -0.3 is 9.88 Å². The highest BCUT2D eigenvalue weighted by molar-refractivity contribution is 7.71. The number of fused-ring (bicyclic) bond motifs is 1. The Balaban J connectivity index is 2.36. The molecule has 0 aliphatic heterocycles. The van der Waals surface area contributed by atoms with E-state index in [1.807, 2.05) is 19.1 Å². The number of aromatic nitrogens is 2. The highest BCUT2D eigenvalue weighted by Gasteiger charge is 2.14. The molecular weight excluding hydrogens is 320 g/mol. The Morgan fingerprint density at radius 1 is 1.59 bits per heavy atom. The molecule has 6 nitrogen and oxygen atoms in total. The van der Waals surface area contributed by atoms with Crippen LogP contribution in [0, 0.1) is 16.1 Å². The predicted molar refractivity (Wildman–Crippen MR) is 88.5 cm³/mol. The summed E-state index contributed by atoms with van der Waals surface area (Å²) in [4.78, 5) is 30.9. The van der Waals surface area contributed by atoms with Crippen LogP contribution in [-0.2, 0) is 17.8 Å². The zero-order valence-corrected chi connectivity index (χ0v) is 14.0. The fourth-order valence-corrected chi connectivity index (χ4v) is 3.31. The maximum Gasteiger partial charge on any atom is 0.263 e. The van der Waals surface area contributed by atoms with Crippen LogP contribution in [0.2, 0.25) is 0 Å². The van der Waals surface area contributed by atoms with Gasteiger partial charge in [-0.3, -0.25) is 14.2 Å². The number of H-pyrrole nitrogens is 1. The molecule has 0 spiro atoms. The van der Waals surface area contributed by atoms with E-state index in [1.165, 1.54) is 20.8 Å². The van der Waals surface area contributed by atoms with Crippen LogP contribution >= 0.6 is 23.6 Å². The Bertz CT molecular complexity index is 856. The number of hydrogen-bond acceptors (Lipinski definition) is 5. The van der Waals surface area contributed by atoms with Gasteiger partial charge in [-0.1, -0.05) is 6.92 Å². The molecule has 2 heterocycles. The molecule has 0 aromatic carbocycles. The molecule has 8 heteroatoms. The van der Waals surface area contributed by atoms with Crippen LogP contribution in [0.15, 0.2) is 10.9 Å². The zero-order valence-electron chi connectivity index (χ0n) is 12.4. The van der Waals surface area contributed by atoms with Crippen LogP contribution in [0.5, 0.6) is 0 Å². The van der Waals surface area contributed by atoms with Gasteiger partial charge in [0.1, 0.15) is 11.4 Å². The molecule has 0 bridgehead atoms. The molecule has 0 atom stereocenters. The summed E-state index contributed by atoms with van der Waals surface area (Å²) in [5, 5.41) is 9.11. The molecule has 1 N–H and O–H groups in total. The molecule has 0 aliphatic rings. The molecule has 0 unspecified atom stereocenters. The van der Waals surface area contributed by atoms with Gasteiger partial charge in [-0.05, 0) is 24.7 Å². The summed E-state index contributed by atoms with van der Waals surface area (Å²) in [7, 11) is 1.61. The first kappa shape index (κ1) is 16.4. The number of aryl methyl sites for hydroxylation is 1. The van der Waals surface area contributed by atoms with Gasteiger partial charge in [-0.15, -0.1) is 11.3 Å². The van der Waals surface area contributed by atoms with Crippen LogP contribution in [-0.4, -0.2) is 34.0 Å². The van der Waals surface area contributed by atoms with Crippen molar-refractivity contribution in [3.05, 3.63) is 26.1 Å². The molecule has 0 saturated carbocycles. The van der Waals surface area contributed by atoms with Crippen LogP contribution in [0.3, 0.4) is 0 Å². The van der Waals surface area contributed by atoms with Crippen molar-refractivity contribution in [1.29, 1.82) is 5.26 Å². The van der Waals surface area contributed by atoms with Crippen molar-refractivity contribution < 1.29 is 4.79 Å². The van der Waals surface area contributed by atoms with Crippen LogP contribution < -0.4 is 5.56 Å². The minimum absolute atomic E-state index is 0.122. The Labute approximate surface area is 136 Å². The van der Waals surface area contributed by atoms with Gasteiger partial charge in [0.15, 0.2) is 4.77 Å². The summed E-state index contributed by atoms with van der Waals surface area (Å²) in [6.45, 7) is 2.23. The minimum atomic E-state index is -0.253. The first-order valence-electron chi connectivity index (χ1n) is 6.84. The number of thiophene rings is 1. The second-order valence-corrected chi connectivity index (χ2v) is 6.38. The summed E-state index contributed by atoms with van der Waals surface area (Å²) in [6.07, 6.45) is 1.10. The highest BCUT2D eigenvalue weighted by atomic mass is 32.1. The molecule has 2 rings (SSSR count). The third-order valence-electron chi connectivity index (χ3n) is 3.35. The van der Waals surface area contributed by atoms with Crippen LogP contribution in [0.25, 0.3) is 10.2 Å². The quantitative estimate of drug-likeness (QED) is 0.847. The smallest absolute Gasteiger partial charge is 0.263 e. The summed E-state index contributed by atoms with van der Waals surface area (Å²) in [5.41, 5.74) is -0.253. The van der Waals surface area contributed by atoms with Gasteiger partial charge in [0.2, 0.25) is 5.91 Å². The summed E-state index contributed by atoms with van der Waals surface area (Å²) < 4.78 is 1.51. The van der Waals surface area contributed by atoms with E-state index in [0.717, 1.165) is 16.1 Å². The third-order valence-corrected chi connectivity index (χ3v) is 4.87. The van der Waals surface area contributed by atoms with Crippen molar-refractivity contribution >= 4 is 39.7 Å². The van der Waals surface area contributed by atoms with Gasteiger partial charge in [0.05, 0.1) is 17.9 Å². The predicted octanol–water partition coefficient (Wildman–Crippen LogP) is 2.06. The molecule has 0 saturated heterocycles.